The number of carbonyl (C=O) groups is 1. The molecule has 1 N–H and O–H groups in total. The van der Waals surface area contributed by atoms with Gasteiger partial charge >= 0.3 is 0 Å². The van der Waals surface area contributed by atoms with Crippen molar-refractivity contribution in [3.05, 3.63) is 54.2 Å². The molecule has 1 heterocycles. The Bertz CT molecular complexity index is 615. The summed E-state index contributed by atoms with van der Waals surface area (Å²) in [5.41, 5.74) is 1.08. The van der Waals surface area contributed by atoms with Crippen LogP contribution in [0.1, 0.15) is 25.5 Å². The predicted molar refractivity (Wildman–Crippen MR) is 93.7 cm³/mol. The third-order valence-corrected chi connectivity index (χ3v) is 4.39. The minimum Gasteiger partial charge on any atom is -0.497 e. The van der Waals surface area contributed by atoms with Crippen LogP contribution in [-0.4, -0.2) is 23.8 Å². The summed E-state index contributed by atoms with van der Waals surface area (Å²) < 4.78 is 5.18. The fourth-order valence-corrected chi connectivity index (χ4v) is 2.91. The minimum absolute atomic E-state index is 0.00942. The average Bonchev–Trinajstić information content (AvgIpc) is 2.58. The second-order valence-electron chi connectivity index (χ2n) is 5.52. The summed E-state index contributed by atoms with van der Waals surface area (Å²) in [6.07, 6.45) is 1.73. The lowest BCUT2D eigenvalue weighted by molar-refractivity contribution is -0.119. The molecule has 0 radical (unpaired) electrons. The smallest absolute Gasteiger partial charge is 0.230 e. The molecule has 1 unspecified atom stereocenters. The fourth-order valence-electron chi connectivity index (χ4n) is 2.23. The Morgan fingerprint density at radius 2 is 1.96 bits per heavy atom. The van der Waals surface area contributed by atoms with Crippen molar-refractivity contribution in [2.24, 2.45) is 5.92 Å². The van der Waals surface area contributed by atoms with Crippen molar-refractivity contribution < 1.29 is 9.53 Å². The quantitative estimate of drug-likeness (QED) is 0.787. The number of hydrogen-bond donors (Lipinski definition) is 1. The zero-order chi connectivity index (χ0) is 16.7. The van der Waals surface area contributed by atoms with Crippen LogP contribution < -0.4 is 10.1 Å². The standard InChI is InChI=1S/C18H22N2O2S/c1-13(2)18(14-7-9-15(22-3)10-8-14)20-16(21)12-23-17-6-4-5-11-19-17/h4-11,13,18H,12H2,1-3H3,(H,20,21). The highest BCUT2D eigenvalue weighted by Gasteiger charge is 2.18. The van der Waals surface area contributed by atoms with Crippen LogP contribution in [-0.2, 0) is 4.79 Å². The van der Waals surface area contributed by atoms with Gasteiger partial charge in [-0.15, -0.1) is 0 Å². The molecule has 0 saturated heterocycles. The van der Waals surface area contributed by atoms with Crippen LogP contribution in [0.2, 0.25) is 0 Å². The van der Waals surface area contributed by atoms with E-state index in [1.54, 1.807) is 13.3 Å². The second-order valence-corrected chi connectivity index (χ2v) is 6.51. The number of amides is 1. The molecule has 0 fully saturated rings. The van der Waals surface area contributed by atoms with Gasteiger partial charge in [-0.2, -0.15) is 0 Å². The first-order chi connectivity index (χ1) is 11.1. The van der Waals surface area contributed by atoms with Crippen LogP contribution >= 0.6 is 11.8 Å². The van der Waals surface area contributed by atoms with Crippen LogP contribution in [0.25, 0.3) is 0 Å². The van der Waals surface area contributed by atoms with Crippen molar-refractivity contribution in [3.63, 3.8) is 0 Å². The number of thioether (sulfide) groups is 1. The number of pyridine rings is 1. The largest absolute Gasteiger partial charge is 0.497 e. The highest BCUT2D eigenvalue weighted by atomic mass is 32.2. The van der Waals surface area contributed by atoms with Crippen molar-refractivity contribution in [3.8, 4) is 5.75 Å². The predicted octanol–water partition coefficient (Wildman–Crippen LogP) is 3.70. The van der Waals surface area contributed by atoms with Crippen molar-refractivity contribution in [2.75, 3.05) is 12.9 Å². The van der Waals surface area contributed by atoms with Gasteiger partial charge in [0, 0.05) is 6.20 Å². The Morgan fingerprint density at radius 1 is 1.22 bits per heavy atom. The van der Waals surface area contributed by atoms with E-state index in [1.807, 2.05) is 42.5 Å². The average molecular weight is 330 g/mol. The number of hydrogen-bond acceptors (Lipinski definition) is 4. The van der Waals surface area contributed by atoms with E-state index in [0.717, 1.165) is 16.3 Å². The van der Waals surface area contributed by atoms with Crippen molar-refractivity contribution in [1.82, 2.24) is 10.3 Å². The summed E-state index contributed by atoms with van der Waals surface area (Å²) in [5, 5.41) is 3.97. The number of methoxy groups -OCH3 is 1. The van der Waals surface area contributed by atoms with Crippen LogP contribution in [0.15, 0.2) is 53.7 Å². The second kappa shape index (κ2) is 8.58. The fraction of sp³-hybridized carbons (Fsp3) is 0.333. The first kappa shape index (κ1) is 17.3. The monoisotopic (exact) mass is 330 g/mol. The molecule has 122 valence electrons. The molecule has 0 aliphatic heterocycles. The maximum absolute atomic E-state index is 12.2. The SMILES string of the molecule is COc1ccc(C(NC(=O)CSc2ccccn2)C(C)C)cc1. The molecule has 1 amide bonds. The maximum Gasteiger partial charge on any atom is 0.230 e. The van der Waals surface area contributed by atoms with E-state index in [0.29, 0.717) is 11.7 Å². The van der Waals surface area contributed by atoms with Gasteiger partial charge in [-0.05, 0) is 35.7 Å². The molecule has 0 spiro atoms. The van der Waals surface area contributed by atoms with E-state index < -0.39 is 0 Å². The van der Waals surface area contributed by atoms with Crippen molar-refractivity contribution in [2.45, 2.75) is 24.9 Å². The number of nitrogens with one attached hydrogen (secondary N) is 1. The lowest BCUT2D eigenvalue weighted by Crippen LogP contribution is -2.33. The van der Waals surface area contributed by atoms with Gasteiger partial charge in [-0.25, -0.2) is 4.98 Å². The van der Waals surface area contributed by atoms with E-state index in [2.05, 4.69) is 24.1 Å². The lowest BCUT2D eigenvalue weighted by Gasteiger charge is -2.23. The topological polar surface area (TPSA) is 51.2 Å². The summed E-state index contributed by atoms with van der Waals surface area (Å²) >= 11 is 1.44. The van der Waals surface area contributed by atoms with Crippen LogP contribution in [0, 0.1) is 5.92 Å². The Morgan fingerprint density at radius 3 is 2.52 bits per heavy atom. The first-order valence-corrected chi connectivity index (χ1v) is 8.56. The van der Waals surface area contributed by atoms with E-state index in [4.69, 9.17) is 4.74 Å². The molecule has 0 saturated carbocycles. The molecule has 5 heteroatoms. The number of benzene rings is 1. The number of aromatic nitrogens is 1. The van der Waals surface area contributed by atoms with Gasteiger partial charge in [0.05, 0.1) is 23.9 Å². The molecule has 2 rings (SSSR count). The van der Waals surface area contributed by atoms with Crippen LogP contribution in [0.4, 0.5) is 0 Å². The molecule has 0 bridgehead atoms. The molecule has 4 nitrogen and oxygen atoms in total. The third-order valence-electron chi connectivity index (χ3n) is 3.45. The zero-order valence-electron chi connectivity index (χ0n) is 13.7. The molecular weight excluding hydrogens is 308 g/mol. The van der Waals surface area contributed by atoms with Gasteiger partial charge < -0.3 is 10.1 Å². The molecule has 1 aromatic heterocycles. The van der Waals surface area contributed by atoms with Gasteiger partial charge in [0.15, 0.2) is 0 Å². The molecule has 1 atom stereocenters. The third kappa shape index (κ3) is 5.28. The zero-order valence-corrected chi connectivity index (χ0v) is 14.5. The normalized spacial score (nSPS) is 12.0. The van der Waals surface area contributed by atoms with Crippen molar-refractivity contribution >= 4 is 17.7 Å². The van der Waals surface area contributed by atoms with E-state index in [1.165, 1.54) is 11.8 Å². The van der Waals surface area contributed by atoms with Crippen LogP contribution in [0.3, 0.4) is 0 Å². The van der Waals surface area contributed by atoms with Crippen LogP contribution in [0.5, 0.6) is 5.75 Å². The summed E-state index contributed by atoms with van der Waals surface area (Å²) in [5.74, 6) is 1.48. The lowest BCUT2D eigenvalue weighted by atomic mass is 9.96. The molecule has 23 heavy (non-hydrogen) atoms. The van der Waals surface area contributed by atoms with Crippen molar-refractivity contribution in [1.29, 1.82) is 0 Å². The summed E-state index contributed by atoms with van der Waals surface area (Å²) in [6.45, 7) is 4.20. The summed E-state index contributed by atoms with van der Waals surface area (Å²) in [4.78, 5) is 16.5. The molecular formula is C18H22N2O2S. The van der Waals surface area contributed by atoms with Gasteiger partial charge in [-0.1, -0.05) is 43.8 Å². The van der Waals surface area contributed by atoms with E-state index in [9.17, 15) is 4.79 Å². The molecule has 2 aromatic rings. The molecule has 0 aliphatic rings. The van der Waals surface area contributed by atoms with Gasteiger partial charge in [0.25, 0.3) is 0 Å². The minimum atomic E-state index is -0.0160. The Labute approximate surface area is 141 Å². The van der Waals surface area contributed by atoms with E-state index in [-0.39, 0.29) is 11.9 Å². The molecule has 1 aromatic carbocycles. The van der Waals surface area contributed by atoms with Gasteiger partial charge in [-0.3, -0.25) is 4.79 Å². The Kier molecular flexibility index (Phi) is 6.47. The number of ether oxygens (including phenoxy) is 1. The number of nitrogens with zero attached hydrogens (tertiary/aromatic N) is 1. The Balaban J connectivity index is 1.96. The summed E-state index contributed by atoms with van der Waals surface area (Å²) in [6, 6.07) is 13.5. The Hall–Kier alpha value is -2.01. The highest BCUT2D eigenvalue weighted by Crippen LogP contribution is 2.24. The van der Waals surface area contributed by atoms with Gasteiger partial charge in [0.1, 0.15) is 5.75 Å². The van der Waals surface area contributed by atoms with Gasteiger partial charge in [0.2, 0.25) is 5.91 Å². The first-order valence-electron chi connectivity index (χ1n) is 7.57. The number of carbonyl (C=O) groups excluding carboxylic acids is 1. The maximum atomic E-state index is 12.2. The summed E-state index contributed by atoms with van der Waals surface area (Å²) in [7, 11) is 1.64. The number of rotatable bonds is 7. The molecule has 0 aliphatic carbocycles. The highest BCUT2D eigenvalue weighted by molar-refractivity contribution is 7.99. The van der Waals surface area contributed by atoms with E-state index >= 15 is 0 Å².